The number of fused-ring (bicyclic) bond motifs is 13. The average Bonchev–Trinajstić information content (AvgIpc) is 1.63. The smallest absolute Gasteiger partial charge is 0.268 e. The summed E-state index contributed by atoms with van der Waals surface area (Å²) < 4.78 is 71.9. The third-order valence-electron chi connectivity index (χ3n) is 16.3. The Morgan fingerprint density at radius 2 is 1.20 bits per heavy atom. The van der Waals surface area contributed by atoms with Crippen LogP contribution in [0, 0.1) is 32.2 Å². The number of imidazole rings is 1. The van der Waals surface area contributed by atoms with Gasteiger partial charge in [0, 0.05) is 63.3 Å². The van der Waals surface area contributed by atoms with Crippen molar-refractivity contribution in [1.82, 2.24) is 14.1 Å². The molecule has 0 N–H and O–H groups in total. The molecule has 0 saturated carbocycles. The Kier molecular flexibility index (Phi) is 10.7. The molecule has 83 heavy (non-hydrogen) atoms. The number of ether oxygens (including phenoxy) is 1. The van der Waals surface area contributed by atoms with Gasteiger partial charge in [0.05, 0.1) is 16.7 Å². The van der Waals surface area contributed by atoms with E-state index in [1.54, 1.807) is 0 Å². The molecule has 6 nitrogen and oxygen atoms in total. The van der Waals surface area contributed by atoms with Gasteiger partial charge in [-0.2, -0.15) is 18.2 Å². The molecule has 0 amide bonds. The standard InChI is InChI=1S/C76H58N4O2.Pt/c1-46-18-15-19-47(2)72(46)49-30-33-57-55-22-9-10-23-56(55)64-40-50(48-31-35-70-63(38-48)60-25-12-14-29-69(60)82-70)41-68-74(64)79(73-61(62(57)39-49)26-17-27-65(73)76(6,7)8)45-78(68)52-20-16-21-53(43-52)81-54-32-34-59-58-24-11-13-28-66(58)80(67(59)44-54)71-42-51(36-37-77-71)75(3,4)5;/h9-42H,1-8H3;/q-2;/i1D3,2D3;. The van der Waals surface area contributed by atoms with E-state index in [1.807, 2.05) is 85.1 Å². The summed E-state index contributed by atoms with van der Waals surface area (Å²) in [4.78, 5) is 4.91. The van der Waals surface area contributed by atoms with Crippen LogP contribution in [0.3, 0.4) is 0 Å². The minimum Gasteiger partial charge on any atom is -0.510 e. The van der Waals surface area contributed by atoms with E-state index in [2.05, 4.69) is 177 Å². The second kappa shape index (κ2) is 19.5. The number of para-hydroxylation sites is 3. The second-order valence-corrected chi connectivity index (χ2v) is 23.5. The topological polar surface area (TPSA) is 49.0 Å². The van der Waals surface area contributed by atoms with Crippen LogP contribution in [0.1, 0.15) is 72.0 Å². The van der Waals surface area contributed by atoms with Crippen LogP contribution in [0.25, 0.3) is 128 Å². The number of aryl methyl sites for hydroxylation is 2. The maximum Gasteiger partial charge on any atom is 0.268 e. The molecule has 1 aliphatic heterocycles. The number of pyridine rings is 1. The van der Waals surface area contributed by atoms with Crippen LogP contribution in [-0.2, 0) is 31.9 Å². The largest absolute Gasteiger partial charge is 0.510 e. The quantitative estimate of drug-likeness (QED) is 0.123. The minimum atomic E-state index is -2.61. The number of benzene rings is 10. The molecule has 7 heteroatoms. The van der Waals surface area contributed by atoms with Gasteiger partial charge in [0.1, 0.15) is 17.0 Å². The summed E-state index contributed by atoms with van der Waals surface area (Å²) in [5.74, 6) is 1.77. The van der Waals surface area contributed by atoms with Gasteiger partial charge in [0.15, 0.2) is 0 Å². The van der Waals surface area contributed by atoms with Gasteiger partial charge in [-0.15, -0.1) is 29.7 Å². The Hall–Kier alpha value is -9.09. The Morgan fingerprint density at radius 3 is 2.01 bits per heavy atom. The van der Waals surface area contributed by atoms with E-state index in [1.165, 1.54) is 23.8 Å². The molecule has 0 spiro atoms. The number of rotatable bonds is 6. The van der Waals surface area contributed by atoms with Crippen LogP contribution in [-0.4, -0.2) is 14.1 Å². The summed E-state index contributed by atoms with van der Waals surface area (Å²) in [5, 5.41) is 4.14. The van der Waals surface area contributed by atoms with Crippen molar-refractivity contribution >= 4 is 54.8 Å². The monoisotopic (exact) mass is 1260 g/mol. The van der Waals surface area contributed by atoms with Crippen LogP contribution in [0.5, 0.6) is 11.5 Å². The van der Waals surface area contributed by atoms with E-state index in [9.17, 15) is 0 Å². The fourth-order valence-electron chi connectivity index (χ4n) is 12.4. The molecule has 0 atom stereocenters. The van der Waals surface area contributed by atoms with E-state index in [0.29, 0.717) is 22.7 Å². The zero-order valence-corrected chi connectivity index (χ0v) is 48.8. The third-order valence-corrected chi connectivity index (χ3v) is 16.3. The van der Waals surface area contributed by atoms with E-state index in [4.69, 9.17) is 22.4 Å². The number of nitrogens with zero attached hydrogens (tertiary/aromatic N) is 4. The molecular formula is C76H58N4O2Pt-2. The number of hydrogen-bond donors (Lipinski definition) is 0. The van der Waals surface area contributed by atoms with Crippen molar-refractivity contribution in [1.29, 1.82) is 0 Å². The van der Waals surface area contributed by atoms with Gasteiger partial charge in [-0.25, -0.2) is 4.98 Å². The maximum atomic E-state index is 8.71. The summed E-state index contributed by atoms with van der Waals surface area (Å²) in [5.41, 5.74) is 16.3. The van der Waals surface area contributed by atoms with Crippen LogP contribution in [0.2, 0.25) is 0 Å². The SMILES string of the molecule is [2H]C([2H])([2H])c1cccc(C([2H])([2H])[2H])c1-c1ccc2c(c1)-c1cccc(C(C)(C)C)c1-[n+]1[c-]n(-c3[c-]c(Oc4[c-]c5c(cc4)c4ccccc4n5-c4cc(C(C)(C)C)ccn4)ccc3)c3cc(-c4ccc5oc6ccccc6c5c4)cc(c31)-c1ccccc1-2.[Pt]. The molecule has 14 aromatic rings. The summed E-state index contributed by atoms with van der Waals surface area (Å²) in [6.45, 7) is 8.00. The molecular weight excluding hydrogens is 1200 g/mol. The first-order valence-electron chi connectivity index (χ1n) is 30.8. The van der Waals surface area contributed by atoms with Gasteiger partial charge in [0.2, 0.25) is 0 Å². The van der Waals surface area contributed by atoms with E-state index in [0.717, 1.165) is 116 Å². The Balaban J connectivity index is 0.00000694. The molecule has 0 radical (unpaired) electrons. The molecule has 0 bridgehead atoms. The molecule has 10 aromatic carbocycles. The zero-order valence-electron chi connectivity index (χ0n) is 52.6. The van der Waals surface area contributed by atoms with Crippen molar-refractivity contribution in [2.75, 3.05) is 0 Å². The number of hydrogen-bond acceptors (Lipinski definition) is 3. The molecule has 0 aliphatic carbocycles. The first-order chi connectivity index (χ1) is 42.2. The predicted molar refractivity (Wildman–Crippen MR) is 335 cm³/mol. The summed E-state index contributed by atoms with van der Waals surface area (Å²) >= 11 is 0. The first kappa shape index (κ1) is 45.5. The molecule has 0 unspecified atom stereocenters. The Bertz CT molecular complexity index is 5180. The molecule has 1 aliphatic rings. The van der Waals surface area contributed by atoms with Crippen molar-refractivity contribution in [2.45, 2.75) is 66.1 Å². The summed E-state index contributed by atoms with van der Waals surface area (Å²) in [6, 6.07) is 74.0. The number of furan rings is 1. The van der Waals surface area contributed by atoms with Gasteiger partial charge < -0.3 is 18.3 Å². The predicted octanol–water partition coefficient (Wildman–Crippen LogP) is 19.3. The van der Waals surface area contributed by atoms with Gasteiger partial charge >= 0.3 is 0 Å². The second-order valence-electron chi connectivity index (χ2n) is 23.5. The van der Waals surface area contributed by atoms with Crippen molar-refractivity contribution in [3.05, 3.63) is 247 Å². The molecule has 15 rings (SSSR count). The summed E-state index contributed by atoms with van der Waals surface area (Å²) in [7, 11) is 0. The van der Waals surface area contributed by atoms with Gasteiger partial charge in [-0.1, -0.05) is 168 Å². The van der Waals surface area contributed by atoms with Crippen molar-refractivity contribution in [2.24, 2.45) is 0 Å². The van der Waals surface area contributed by atoms with Crippen LogP contribution < -0.4 is 9.30 Å². The maximum absolute atomic E-state index is 8.71. The zero-order chi connectivity index (χ0) is 60.8. The Morgan fingerprint density at radius 1 is 0.518 bits per heavy atom. The minimum absolute atomic E-state index is 0. The van der Waals surface area contributed by atoms with Crippen molar-refractivity contribution < 1.29 is 43.0 Å². The normalized spacial score (nSPS) is 13.6. The van der Waals surface area contributed by atoms with E-state index in [-0.39, 0.29) is 43.2 Å². The van der Waals surface area contributed by atoms with Crippen molar-refractivity contribution in [3.8, 4) is 84.3 Å². The third kappa shape index (κ3) is 8.56. The van der Waals surface area contributed by atoms with Crippen LogP contribution >= 0.6 is 0 Å². The number of aromatic nitrogens is 4. The Labute approximate surface area is 506 Å². The van der Waals surface area contributed by atoms with E-state index < -0.39 is 19.1 Å². The average molecular weight is 1260 g/mol. The van der Waals surface area contributed by atoms with E-state index >= 15 is 0 Å². The van der Waals surface area contributed by atoms with Gasteiger partial charge in [0.25, 0.3) is 6.33 Å². The molecule has 4 aromatic heterocycles. The molecule has 406 valence electrons. The van der Waals surface area contributed by atoms with Crippen LogP contribution in [0.4, 0.5) is 0 Å². The fourth-order valence-corrected chi connectivity index (χ4v) is 12.4. The summed E-state index contributed by atoms with van der Waals surface area (Å²) in [6.07, 6.45) is 5.82. The van der Waals surface area contributed by atoms with Gasteiger partial charge in [-0.3, -0.25) is 4.57 Å². The first-order valence-corrected chi connectivity index (χ1v) is 27.8. The molecule has 5 heterocycles. The molecule has 0 fully saturated rings. The fraction of sp³-hybridized carbons (Fsp3) is 0.132. The van der Waals surface area contributed by atoms with Crippen LogP contribution in [0.15, 0.2) is 211 Å². The molecule has 0 saturated heterocycles. The van der Waals surface area contributed by atoms with Gasteiger partial charge in [-0.05, 0) is 162 Å². The van der Waals surface area contributed by atoms with Crippen molar-refractivity contribution in [3.63, 3.8) is 0 Å².